The van der Waals surface area contributed by atoms with E-state index in [1.54, 1.807) is 7.05 Å². The lowest BCUT2D eigenvalue weighted by atomic mass is 9.97. The van der Waals surface area contributed by atoms with Crippen LogP contribution in [0.2, 0.25) is 0 Å². The Morgan fingerprint density at radius 1 is 1.42 bits per heavy atom. The monoisotopic (exact) mass is 269 g/mol. The van der Waals surface area contributed by atoms with Crippen molar-refractivity contribution in [3.8, 4) is 0 Å². The van der Waals surface area contributed by atoms with Crippen LogP contribution in [0.3, 0.4) is 0 Å². The molecule has 2 aliphatic rings. The normalized spacial score (nSPS) is 38.3. The zero-order chi connectivity index (χ0) is 14.0. The molecule has 0 aromatic carbocycles. The smallest absolute Gasteiger partial charge is 0.323 e. The molecule has 19 heavy (non-hydrogen) atoms. The predicted octanol–water partition coefficient (Wildman–Crippen LogP) is 0.608. The Labute approximate surface area is 115 Å². The Hall–Kier alpha value is -0.650. The number of likely N-dealkylation sites (N-methyl/N-ethyl adjacent to an activating group) is 2. The van der Waals surface area contributed by atoms with E-state index in [1.165, 1.54) is 6.42 Å². The van der Waals surface area contributed by atoms with Gasteiger partial charge < -0.3 is 15.3 Å². The van der Waals surface area contributed by atoms with Crippen LogP contribution in [0, 0.1) is 0 Å². The van der Waals surface area contributed by atoms with Crippen molar-refractivity contribution in [3.05, 3.63) is 0 Å². The van der Waals surface area contributed by atoms with Crippen LogP contribution in [0.5, 0.6) is 0 Å². The fourth-order valence-electron chi connectivity index (χ4n) is 3.76. The first-order valence-corrected chi connectivity index (χ1v) is 7.35. The average Bonchev–Trinajstić information content (AvgIpc) is 2.72. The summed E-state index contributed by atoms with van der Waals surface area (Å²) in [6, 6.07) is 0.920. The molecule has 110 valence electrons. The van der Waals surface area contributed by atoms with Crippen molar-refractivity contribution < 1.29 is 9.90 Å². The van der Waals surface area contributed by atoms with E-state index in [2.05, 4.69) is 29.1 Å². The number of carboxylic acids is 1. The van der Waals surface area contributed by atoms with Gasteiger partial charge in [0.05, 0.1) is 0 Å². The highest BCUT2D eigenvalue weighted by molar-refractivity contribution is 5.79. The molecular formula is C14H27N3O2. The summed E-state index contributed by atoms with van der Waals surface area (Å²) in [6.07, 6.45) is 3.63. The zero-order valence-corrected chi connectivity index (χ0v) is 12.4. The molecular weight excluding hydrogens is 242 g/mol. The van der Waals surface area contributed by atoms with E-state index in [0.717, 1.165) is 38.9 Å². The molecule has 3 atom stereocenters. The summed E-state index contributed by atoms with van der Waals surface area (Å²) < 4.78 is 0. The maximum atomic E-state index is 11.5. The number of hydrogen-bond acceptors (Lipinski definition) is 4. The Balaban J connectivity index is 2.05. The van der Waals surface area contributed by atoms with Crippen LogP contribution < -0.4 is 5.32 Å². The molecule has 1 saturated heterocycles. The quantitative estimate of drug-likeness (QED) is 0.786. The van der Waals surface area contributed by atoms with Gasteiger partial charge in [0.1, 0.15) is 5.54 Å². The lowest BCUT2D eigenvalue weighted by Crippen LogP contribution is -2.51. The van der Waals surface area contributed by atoms with E-state index >= 15 is 0 Å². The van der Waals surface area contributed by atoms with Crippen LogP contribution in [-0.4, -0.2) is 72.2 Å². The zero-order valence-electron chi connectivity index (χ0n) is 12.4. The van der Waals surface area contributed by atoms with Crippen LogP contribution in [0.25, 0.3) is 0 Å². The number of aliphatic carboxylic acids is 1. The molecule has 1 aliphatic heterocycles. The summed E-state index contributed by atoms with van der Waals surface area (Å²) in [6.45, 7) is 5.58. The summed E-state index contributed by atoms with van der Waals surface area (Å²) in [5, 5.41) is 12.5. The van der Waals surface area contributed by atoms with Crippen LogP contribution >= 0.6 is 0 Å². The average molecular weight is 269 g/mol. The van der Waals surface area contributed by atoms with E-state index in [9.17, 15) is 9.90 Å². The van der Waals surface area contributed by atoms with Crippen molar-refractivity contribution in [3.63, 3.8) is 0 Å². The second-order valence-corrected chi connectivity index (χ2v) is 6.24. The first-order valence-electron chi connectivity index (χ1n) is 7.35. The molecule has 0 amide bonds. The van der Waals surface area contributed by atoms with Gasteiger partial charge in [-0.3, -0.25) is 9.69 Å². The molecule has 5 heteroatoms. The van der Waals surface area contributed by atoms with Gasteiger partial charge in [0.2, 0.25) is 0 Å². The fraction of sp³-hybridized carbons (Fsp3) is 0.929. The number of nitrogens with zero attached hydrogens (tertiary/aromatic N) is 2. The summed E-state index contributed by atoms with van der Waals surface area (Å²) in [5.41, 5.74) is -0.706. The van der Waals surface area contributed by atoms with Gasteiger partial charge in [-0.1, -0.05) is 0 Å². The van der Waals surface area contributed by atoms with Gasteiger partial charge in [0, 0.05) is 18.6 Å². The number of hydrogen-bond donors (Lipinski definition) is 2. The molecule has 2 N–H and O–H groups in total. The minimum absolute atomic E-state index is 0.407. The van der Waals surface area contributed by atoms with E-state index < -0.39 is 11.5 Å². The first kappa shape index (κ1) is 14.8. The van der Waals surface area contributed by atoms with Gasteiger partial charge in [-0.25, -0.2) is 0 Å². The first-order chi connectivity index (χ1) is 8.98. The largest absolute Gasteiger partial charge is 0.480 e. The molecule has 2 fully saturated rings. The maximum absolute atomic E-state index is 11.5. The van der Waals surface area contributed by atoms with Crippen LogP contribution in [0.15, 0.2) is 0 Å². The standard InChI is InChI=1S/C14H27N3O2/c1-11-10-16(3)7-4-8-17(11)12-5-6-14(9-12,15-2)13(18)19/h11-12,15H,4-10H2,1-3H3,(H,18,19). The molecule has 2 rings (SSSR count). The van der Waals surface area contributed by atoms with Crippen LogP contribution in [0.4, 0.5) is 0 Å². The van der Waals surface area contributed by atoms with Crippen molar-refractivity contribution >= 4 is 5.97 Å². The Kier molecular flexibility index (Phi) is 4.48. The highest BCUT2D eigenvalue weighted by atomic mass is 16.4. The number of nitrogens with one attached hydrogen (secondary N) is 1. The van der Waals surface area contributed by atoms with Gasteiger partial charge in [0.25, 0.3) is 0 Å². The maximum Gasteiger partial charge on any atom is 0.323 e. The molecule has 1 saturated carbocycles. The molecule has 0 aromatic heterocycles. The number of carboxylic acid groups (broad SMARTS) is 1. The third-order valence-electron chi connectivity index (χ3n) is 4.94. The molecule has 3 unspecified atom stereocenters. The highest BCUT2D eigenvalue weighted by Gasteiger charge is 2.46. The highest BCUT2D eigenvalue weighted by Crippen LogP contribution is 2.34. The van der Waals surface area contributed by atoms with Gasteiger partial charge in [-0.2, -0.15) is 0 Å². The van der Waals surface area contributed by atoms with Crippen LogP contribution in [-0.2, 0) is 4.79 Å². The van der Waals surface area contributed by atoms with E-state index in [1.807, 2.05) is 0 Å². The van der Waals surface area contributed by atoms with E-state index in [0.29, 0.717) is 12.1 Å². The number of rotatable bonds is 3. The Bertz CT molecular complexity index is 337. The summed E-state index contributed by atoms with van der Waals surface area (Å²) in [5.74, 6) is -0.697. The molecule has 1 aliphatic carbocycles. The molecule has 0 spiro atoms. The lowest BCUT2D eigenvalue weighted by molar-refractivity contribution is -0.144. The molecule has 5 nitrogen and oxygen atoms in total. The minimum atomic E-state index is -0.706. The van der Waals surface area contributed by atoms with Crippen LogP contribution in [0.1, 0.15) is 32.6 Å². The second-order valence-electron chi connectivity index (χ2n) is 6.24. The van der Waals surface area contributed by atoms with Crippen molar-refractivity contribution in [2.75, 3.05) is 33.7 Å². The van der Waals surface area contributed by atoms with Gasteiger partial charge in [0.15, 0.2) is 0 Å². The summed E-state index contributed by atoms with van der Waals surface area (Å²) in [4.78, 5) is 16.4. The van der Waals surface area contributed by atoms with Crippen molar-refractivity contribution in [1.29, 1.82) is 0 Å². The number of carbonyl (C=O) groups is 1. The topological polar surface area (TPSA) is 55.8 Å². The van der Waals surface area contributed by atoms with Crippen molar-refractivity contribution in [2.24, 2.45) is 0 Å². The van der Waals surface area contributed by atoms with Crippen molar-refractivity contribution in [1.82, 2.24) is 15.1 Å². The fourth-order valence-corrected chi connectivity index (χ4v) is 3.76. The van der Waals surface area contributed by atoms with Gasteiger partial charge >= 0.3 is 5.97 Å². The second kappa shape index (κ2) is 5.77. The Morgan fingerprint density at radius 2 is 2.16 bits per heavy atom. The summed E-state index contributed by atoms with van der Waals surface area (Å²) >= 11 is 0. The van der Waals surface area contributed by atoms with Gasteiger partial charge in [-0.15, -0.1) is 0 Å². The third-order valence-corrected chi connectivity index (χ3v) is 4.94. The Morgan fingerprint density at radius 3 is 2.74 bits per heavy atom. The molecule has 1 heterocycles. The van der Waals surface area contributed by atoms with Gasteiger partial charge in [-0.05, 0) is 59.8 Å². The molecule has 0 aromatic rings. The van der Waals surface area contributed by atoms with E-state index in [4.69, 9.17) is 0 Å². The SMILES string of the molecule is CNC1(C(=O)O)CCC(N2CCCN(C)CC2C)C1. The lowest BCUT2D eigenvalue weighted by Gasteiger charge is -2.34. The summed E-state index contributed by atoms with van der Waals surface area (Å²) in [7, 11) is 3.94. The van der Waals surface area contributed by atoms with E-state index in [-0.39, 0.29) is 0 Å². The third kappa shape index (κ3) is 2.93. The molecule has 0 bridgehead atoms. The predicted molar refractivity (Wildman–Crippen MR) is 75.3 cm³/mol. The molecule has 0 radical (unpaired) electrons. The van der Waals surface area contributed by atoms with Crippen molar-refractivity contribution in [2.45, 2.75) is 50.2 Å². The minimum Gasteiger partial charge on any atom is -0.480 e.